The molecule has 1 saturated carbocycles. The van der Waals surface area contributed by atoms with Crippen LogP contribution in [0.2, 0.25) is 0 Å². The van der Waals surface area contributed by atoms with Gasteiger partial charge in [-0.15, -0.1) is 0 Å². The Hall–Kier alpha value is -2.19. The van der Waals surface area contributed by atoms with E-state index in [4.69, 9.17) is 0 Å². The van der Waals surface area contributed by atoms with Crippen molar-refractivity contribution in [2.75, 3.05) is 18.4 Å². The van der Waals surface area contributed by atoms with E-state index in [1.165, 1.54) is 29.3 Å². The minimum atomic E-state index is -3.46. The molecule has 1 aromatic carbocycles. The fourth-order valence-corrected chi connectivity index (χ4v) is 5.41. The summed E-state index contributed by atoms with van der Waals surface area (Å²) in [5, 5.41) is 7.25. The highest BCUT2D eigenvalue weighted by Gasteiger charge is 2.27. The van der Waals surface area contributed by atoms with E-state index in [0.29, 0.717) is 30.5 Å². The quantitative estimate of drug-likeness (QED) is 0.853. The van der Waals surface area contributed by atoms with Gasteiger partial charge in [0.1, 0.15) is 5.82 Å². The molecule has 1 amide bonds. The van der Waals surface area contributed by atoms with Crippen LogP contribution in [0.5, 0.6) is 0 Å². The van der Waals surface area contributed by atoms with Gasteiger partial charge in [-0.3, -0.25) is 4.79 Å². The molecule has 2 fully saturated rings. The summed E-state index contributed by atoms with van der Waals surface area (Å²) in [5.74, 6) is 0.417. The molecule has 1 aliphatic carbocycles. The normalized spacial score (nSPS) is 18.8. The summed E-state index contributed by atoms with van der Waals surface area (Å²) < 4.78 is 28.5. The number of rotatable bonds is 5. The number of carbonyl (C=O) groups is 1. The lowest BCUT2D eigenvalue weighted by Gasteiger charge is -2.16. The smallest absolute Gasteiger partial charge is 0.256 e. The summed E-state index contributed by atoms with van der Waals surface area (Å²) in [6.45, 7) is 1.13. The number of aromatic nitrogens is 2. The van der Waals surface area contributed by atoms with E-state index in [1.54, 1.807) is 24.4 Å². The molecule has 1 N–H and O–H groups in total. The molecule has 1 saturated heterocycles. The lowest BCUT2D eigenvalue weighted by Crippen LogP contribution is -2.27. The maximum atomic E-state index is 12.6. The molecule has 7 nitrogen and oxygen atoms in total. The Labute approximate surface area is 159 Å². The summed E-state index contributed by atoms with van der Waals surface area (Å²) >= 11 is 0. The van der Waals surface area contributed by atoms with Crippen LogP contribution in [-0.2, 0) is 10.0 Å². The predicted octanol–water partition coefficient (Wildman–Crippen LogP) is 3.04. The maximum Gasteiger partial charge on any atom is 0.256 e. The third kappa shape index (κ3) is 3.64. The van der Waals surface area contributed by atoms with E-state index < -0.39 is 10.0 Å². The summed E-state index contributed by atoms with van der Waals surface area (Å²) in [6, 6.07) is 8.28. The number of benzene rings is 1. The Balaban J connectivity index is 1.48. The van der Waals surface area contributed by atoms with Crippen LogP contribution < -0.4 is 5.32 Å². The van der Waals surface area contributed by atoms with Gasteiger partial charge in [-0.05, 0) is 49.9 Å². The van der Waals surface area contributed by atoms with Crippen molar-refractivity contribution in [1.82, 2.24) is 14.1 Å². The van der Waals surface area contributed by atoms with Crippen LogP contribution >= 0.6 is 0 Å². The van der Waals surface area contributed by atoms with Crippen molar-refractivity contribution in [2.24, 2.45) is 0 Å². The van der Waals surface area contributed by atoms with Crippen LogP contribution in [0.15, 0.2) is 41.4 Å². The van der Waals surface area contributed by atoms with Crippen molar-refractivity contribution in [3.8, 4) is 0 Å². The highest BCUT2D eigenvalue weighted by Crippen LogP contribution is 2.31. The summed E-state index contributed by atoms with van der Waals surface area (Å²) in [6.07, 6.45) is 8.01. The Morgan fingerprint density at radius 2 is 1.67 bits per heavy atom. The monoisotopic (exact) mass is 388 g/mol. The van der Waals surface area contributed by atoms with Crippen LogP contribution in [0.3, 0.4) is 0 Å². The molecule has 4 rings (SSSR count). The molecule has 27 heavy (non-hydrogen) atoms. The summed E-state index contributed by atoms with van der Waals surface area (Å²) in [4.78, 5) is 12.8. The highest BCUT2D eigenvalue weighted by molar-refractivity contribution is 7.89. The van der Waals surface area contributed by atoms with E-state index in [0.717, 1.165) is 25.7 Å². The van der Waals surface area contributed by atoms with Crippen LogP contribution in [0.1, 0.15) is 54.9 Å². The molecule has 0 radical (unpaired) electrons. The van der Waals surface area contributed by atoms with E-state index in [1.807, 2.05) is 4.68 Å². The van der Waals surface area contributed by atoms with Gasteiger partial charge >= 0.3 is 0 Å². The zero-order chi connectivity index (χ0) is 18.9. The first-order valence-corrected chi connectivity index (χ1v) is 10.9. The van der Waals surface area contributed by atoms with Gasteiger partial charge in [-0.25, -0.2) is 13.1 Å². The van der Waals surface area contributed by atoms with Gasteiger partial charge in [0.15, 0.2) is 0 Å². The first-order chi connectivity index (χ1) is 13.1. The largest absolute Gasteiger partial charge is 0.307 e. The lowest BCUT2D eigenvalue weighted by molar-refractivity contribution is 0.102. The van der Waals surface area contributed by atoms with Crippen molar-refractivity contribution in [1.29, 1.82) is 0 Å². The Kier molecular flexibility index (Phi) is 5.01. The second kappa shape index (κ2) is 7.44. The van der Waals surface area contributed by atoms with Gasteiger partial charge in [-0.2, -0.15) is 9.40 Å². The van der Waals surface area contributed by atoms with E-state index in [9.17, 15) is 13.2 Å². The fraction of sp³-hybridized carbons (Fsp3) is 0.474. The minimum Gasteiger partial charge on any atom is -0.307 e. The van der Waals surface area contributed by atoms with Crippen molar-refractivity contribution < 1.29 is 13.2 Å². The topological polar surface area (TPSA) is 84.3 Å². The first-order valence-electron chi connectivity index (χ1n) is 9.51. The number of nitrogens with zero attached hydrogens (tertiary/aromatic N) is 3. The van der Waals surface area contributed by atoms with Gasteiger partial charge < -0.3 is 5.32 Å². The van der Waals surface area contributed by atoms with Gasteiger partial charge in [0.05, 0.1) is 17.1 Å². The Morgan fingerprint density at radius 3 is 2.33 bits per heavy atom. The highest BCUT2D eigenvalue weighted by atomic mass is 32.2. The molecular formula is C19H24N4O3S. The molecule has 2 aliphatic rings. The molecule has 144 valence electrons. The van der Waals surface area contributed by atoms with E-state index in [2.05, 4.69) is 10.4 Å². The minimum absolute atomic E-state index is 0.233. The zero-order valence-corrected chi connectivity index (χ0v) is 16.0. The van der Waals surface area contributed by atoms with Gasteiger partial charge in [0, 0.05) is 24.7 Å². The number of sulfonamides is 1. The number of hydrogen-bond donors (Lipinski definition) is 1. The zero-order valence-electron chi connectivity index (χ0n) is 15.2. The molecule has 1 aromatic heterocycles. The summed E-state index contributed by atoms with van der Waals surface area (Å²) in [7, 11) is -3.46. The van der Waals surface area contributed by atoms with E-state index in [-0.39, 0.29) is 10.8 Å². The molecule has 0 unspecified atom stereocenters. The van der Waals surface area contributed by atoms with Gasteiger partial charge in [0.25, 0.3) is 5.91 Å². The number of anilines is 1. The van der Waals surface area contributed by atoms with Crippen LogP contribution in [0.4, 0.5) is 5.82 Å². The van der Waals surface area contributed by atoms with Gasteiger partial charge in [0.2, 0.25) is 10.0 Å². The third-order valence-corrected chi connectivity index (χ3v) is 7.31. The van der Waals surface area contributed by atoms with Crippen molar-refractivity contribution in [2.45, 2.75) is 49.5 Å². The summed E-state index contributed by atoms with van der Waals surface area (Å²) in [5.41, 5.74) is 0.426. The van der Waals surface area contributed by atoms with E-state index >= 15 is 0 Å². The molecule has 1 aliphatic heterocycles. The molecular weight excluding hydrogens is 364 g/mol. The number of hydrogen-bond acceptors (Lipinski definition) is 4. The number of amides is 1. The lowest BCUT2D eigenvalue weighted by atomic mass is 10.2. The SMILES string of the molecule is O=C(Nc1ccnn1C1CCCC1)c1ccc(S(=O)(=O)N2CCCC2)cc1. The number of carbonyl (C=O) groups excluding carboxylic acids is 1. The molecule has 0 spiro atoms. The van der Waals surface area contributed by atoms with Gasteiger partial charge in [-0.1, -0.05) is 12.8 Å². The molecule has 0 bridgehead atoms. The fourth-order valence-electron chi connectivity index (χ4n) is 3.90. The third-order valence-electron chi connectivity index (χ3n) is 5.40. The maximum absolute atomic E-state index is 12.6. The second-order valence-corrected chi connectivity index (χ2v) is 9.13. The van der Waals surface area contributed by atoms with Crippen LogP contribution in [-0.4, -0.2) is 41.5 Å². The Morgan fingerprint density at radius 1 is 1.00 bits per heavy atom. The molecule has 2 heterocycles. The average Bonchev–Trinajstić information content (AvgIpc) is 3.42. The van der Waals surface area contributed by atoms with Crippen molar-refractivity contribution >= 4 is 21.7 Å². The molecule has 8 heteroatoms. The number of nitrogens with one attached hydrogen (secondary N) is 1. The van der Waals surface area contributed by atoms with Crippen molar-refractivity contribution in [3.05, 3.63) is 42.1 Å². The Bertz CT molecular complexity index is 909. The second-order valence-electron chi connectivity index (χ2n) is 7.19. The predicted molar refractivity (Wildman–Crippen MR) is 102 cm³/mol. The van der Waals surface area contributed by atoms with Crippen molar-refractivity contribution in [3.63, 3.8) is 0 Å². The average molecular weight is 388 g/mol. The molecule has 0 atom stereocenters. The molecule has 2 aromatic rings. The van der Waals surface area contributed by atoms with Crippen LogP contribution in [0, 0.1) is 0 Å². The standard InChI is InChI=1S/C19H24N4O3S/c24-19(21-18-11-12-20-23(18)16-5-1-2-6-16)15-7-9-17(10-8-15)27(25,26)22-13-3-4-14-22/h7-12,16H,1-6,13-14H2,(H,21,24). The first kappa shape index (κ1) is 18.2. The van der Waals surface area contributed by atoms with Crippen LogP contribution in [0.25, 0.3) is 0 Å².